The largest absolute Gasteiger partial charge is 0.496 e. The van der Waals surface area contributed by atoms with E-state index < -0.39 is 29.8 Å². The van der Waals surface area contributed by atoms with Gasteiger partial charge in [0.25, 0.3) is 5.56 Å². The third-order valence-corrected chi connectivity index (χ3v) is 4.28. The number of nitriles is 1. The highest BCUT2D eigenvalue weighted by Gasteiger charge is 2.52. The molecule has 1 fully saturated rings. The molecule has 1 saturated heterocycles. The molecule has 0 spiro atoms. The third kappa shape index (κ3) is 3.16. The summed E-state index contributed by atoms with van der Waals surface area (Å²) in [6, 6.07) is 3.26. The number of hydrogen-bond donors (Lipinski definition) is 0. The minimum Gasteiger partial charge on any atom is -0.468 e. The van der Waals surface area contributed by atoms with Gasteiger partial charge in [0.2, 0.25) is 0 Å². The molecule has 2 heterocycles. The van der Waals surface area contributed by atoms with Gasteiger partial charge in [-0.15, -0.1) is 0 Å². The smallest absolute Gasteiger partial charge is 0.468 e. The van der Waals surface area contributed by atoms with Gasteiger partial charge in [0, 0.05) is 11.7 Å². The first kappa shape index (κ1) is 17.3. The number of pyridine rings is 1. The standard InChI is InChI=1S/C15H19BN2O5/c1-14(2)15(3,4)23-16(22-14)11-6-10(7-17)13(20)18(8-11)9-12(19)21-5/h6,8H,9H2,1-5H3. The van der Waals surface area contributed by atoms with Crippen LogP contribution in [0.1, 0.15) is 33.3 Å². The van der Waals surface area contributed by atoms with Crippen LogP contribution in [0.3, 0.4) is 0 Å². The number of ether oxygens (including phenoxy) is 1. The Hall–Kier alpha value is -2.11. The average molecular weight is 318 g/mol. The molecule has 0 saturated carbocycles. The maximum atomic E-state index is 12.1. The molecule has 0 aromatic carbocycles. The Morgan fingerprint density at radius 2 is 1.91 bits per heavy atom. The van der Waals surface area contributed by atoms with Crippen molar-refractivity contribution < 1.29 is 18.8 Å². The highest BCUT2D eigenvalue weighted by Crippen LogP contribution is 2.36. The summed E-state index contributed by atoms with van der Waals surface area (Å²) in [5.74, 6) is -0.581. The van der Waals surface area contributed by atoms with Crippen molar-refractivity contribution in [2.24, 2.45) is 0 Å². The van der Waals surface area contributed by atoms with Crippen molar-refractivity contribution in [3.8, 4) is 6.07 Å². The zero-order chi connectivity index (χ0) is 17.4. The van der Waals surface area contributed by atoms with E-state index in [-0.39, 0.29) is 12.1 Å². The summed E-state index contributed by atoms with van der Waals surface area (Å²) >= 11 is 0. The number of esters is 1. The average Bonchev–Trinajstić information content (AvgIpc) is 2.69. The number of carbonyl (C=O) groups is 1. The van der Waals surface area contributed by atoms with Gasteiger partial charge in [-0.1, -0.05) is 0 Å². The van der Waals surface area contributed by atoms with Crippen LogP contribution in [0.25, 0.3) is 0 Å². The Bertz CT molecular complexity index is 716. The minimum atomic E-state index is -0.725. The Morgan fingerprint density at radius 3 is 2.39 bits per heavy atom. The Labute approximate surface area is 134 Å². The number of methoxy groups -OCH3 is 1. The van der Waals surface area contributed by atoms with Crippen molar-refractivity contribution in [1.82, 2.24) is 4.57 Å². The van der Waals surface area contributed by atoms with Crippen LogP contribution in [-0.2, 0) is 25.4 Å². The van der Waals surface area contributed by atoms with E-state index in [1.165, 1.54) is 19.4 Å². The van der Waals surface area contributed by atoms with Crippen LogP contribution in [0.15, 0.2) is 17.1 Å². The van der Waals surface area contributed by atoms with Gasteiger partial charge in [0.05, 0.1) is 18.3 Å². The van der Waals surface area contributed by atoms with E-state index in [1.54, 1.807) is 0 Å². The molecular formula is C15H19BN2O5. The topological polar surface area (TPSA) is 90.5 Å². The fourth-order valence-corrected chi connectivity index (χ4v) is 2.17. The maximum absolute atomic E-state index is 12.1. The minimum absolute atomic E-state index is 0.0823. The molecule has 0 atom stereocenters. The van der Waals surface area contributed by atoms with Crippen molar-refractivity contribution in [3.05, 3.63) is 28.2 Å². The highest BCUT2D eigenvalue weighted by molar-refractivity contribution is 6.62. The molecular weight excluding hydrogens is 299 g/mol. The molecule has 0 radical (unpaired) electrons. The Kier molecular flexibility index (Phi) is 4.38. The van der Waals surface area contributed by atoms with Gasteiger partial charge in [-0.2, -0.15) is 5.26 Å². The molecule has 0 bridgehead atoms. The van der Waals surface area contributed by atoms with E-state index >= 15 is 0 Å². The highest BCUT2D eigenvalue weighted by atomic mass is 16.7. The number of nitrogens with zero attached hydrogens (tertiary/aromatic N) is 2. The van der Waals surface area contributed by atoms with Crippen molar-refractivity contribution in [3.63, 3.8) is 0 Å². The van der Waals surface area contributed by atoms with E-state index in [9.17, 15) is 9.59 Å². The van der Waals surface area contributed by atoms with E-state index in [4.69, 9.17) is 14.6 Å². The summed E-state index contributed by atoms with van der Waals surface area (Å²) in [5, 5.41) is 9.15. The van der Waals surface area contributed by atoms with Gasteiger partial charge in [-0.3, -0.25) is 9.59 Å². The van der Waals surface area contributed by atoms with Gasteiger partial charge in [-0.05, 0) is 33.8 Å². The first-order valence-electron chi connectivity index (χ1n) is 7.18. The second-order valence-corrected chi connectivity index (χ2v) is 6.40. The molecule has 8 heteroatoms. The Balaban J connectivity index is 2.45. The number of aromatic nitrogens is 1. The lowest BCUT2D eigenvalue weighted by Gasteiger charge is -2.32. The molecule has 1 aromatic rings. The van der Waals surface area contributed by atoms with E-state index in [1.807, 2.05) is 33.8 Å². The van der Waals surface area contributed by atoms with Crippen LogP contribution >= 0.6 is 0 Å². The van der Waals surface area contributed by atoms with Crippen LogP contribution in [0, 0.1) is 11.3 Å². The van der Waals surface area contributed by atoms with Crippen LogP contribution in [-0.4, -0.2) is 36.0 Å². The molecule has 0 aliphatic carbocycles. The molecule has 23 heavy (non-hydrogen) atoms. The summed E-state index contributed by atoms with van der Waals surface area (Å²) in [5.41, 5.74) is -1.23. The maximum Gasteiger partial charge on any atom is 0.496 e. The van der Waals surface area contributed by atoms with Crippen LogP contribution in [0.4, 0.5) is 0 Å². The molecule has 1 aliphatic rings. The van der Waals surface area contributed by atoms with E-state index in [2.05, 4.69) is 4.74 Å². The van der Waals surface area contributed by atoms with Crippen molar-refractivity contribution in [2.75, 3.05) is 7.11 Å². The normalized spacial score (nSPS) is 18.5. The number of carbonyl (C=O) groups excluding carboxylic acids is 1. The molecule has 122 valence electrons. The monoisotopic (exact) mass is 318 g/mol. The van der Waals surface area contributed by atoms with E-state index in [0.717, 1.165) is 4.57 Å². The third-order valence-electron chi connectivity index (χ3n) is 4.28. The van der Waals surface area contributed by atoms with Crippen LogP contribution in [0.5, 0.6) is 0 Å². The lowest BCUT2D eigenvalue weighted by molar-refractivity contribution is -0.141. The predicted octanol–water partition coefficient (Wildman–Crippen LogP) is 0.192. The zero-order valence-electron chi connectivity index (χ0n) is 13.9. The molecule has 1 aliphatic heterocycles. The SMILES string of the molecule is COC(=O)Cn1cc(B2OC(C)(C)C(C)(C)O2)cc(C#N)c1=O. The first-order valence-corrected chi connectivity index (χ1v) is 7.18. The zero-order valence-corrected chi connectivity index (χ0v) is 13.9. The molecule has 0 amide bonds. The van der Waals surface area contributed by atoms with Gasteiger partial charge in [-0.25, -0.2) is 0 Å². The Morgan fingerprint density at radius 1 is 1.35 bits per heavy atom. The summed E-state index contributed by atoms with van der Waals surface area (Å²) in [6.45, 7) is 7.34. The summed E-state index contributed by atoms with van der Waals surface area (Å²) < 4.78 is 17.5. The summed E-state index contributed by atoms with van der Waals surface area (Å²) in [4.78, 5) is 23.6. The molecule has 1 aromatic heterocycles. The predicted molar refractivity (Wildman–Crippen MR) is 83.1 cm³/mol. The van der Waals surface area contributed by atoms with Crippen LogP contribution in [0.2, 0.25) is 0 Å². The second-order valence-electron chi connectivity index (χ2n) is 6.40. The van der Waals surface area contributed by atoms with Crippen LogP contribution < -0.4 is 11.0 Å². The van der Waals surface area contributed by atoms with Gasteiger partial charge in [0.15, 0.2) is 0 Å². The number of hydrogen-bond acceptors (Lipinski definition) is 6. The molecule has 0 unspecified atom stereocenters. The molecule has 2 rings (SSSR count). The number of rotatable bonds is 3. The second kappa shape index (κ2) is 5.83. The van der Waals surface area contributed by atoms with Gasteiger partial charge in [0.1, 0.15) is 18.2 Å². The fourth-order valence-electron chi connectivity index (χ4n) is 2.17. The lowest BCUT2D eigenvalue weighted by atomic mass is 9.79. The van der Waals surface area contributed by atoms with Gasteiger partial charge < -0.3 is 18.6 Å². The quantitative estimate of drug-likeness (QED) is 0.584. The summed E-state index contributed by atoms with van der Waals surface area (Å²) in [6.07, 6.45) is 1.46. The summed E-state index contributed by atoms with van der Waals surface area (Å²) in [7, 11) is 0.507. The first-order chi connectivity index (χ1) is 10.6. The lowest BCUT2D eigenvalue weighted by Crippen LogP contribution is -2.41. The van der Waals surface area contributed by atoms with Crippen molar-refractivity contribution in [2.45, 2.75) is 45.4 Å². The fraction of sp³-hybridized carbons (Fsp3) is 0.533. The van der Waals surface area contributed by atoms with Gasteiger partial charge >= 0.3 is 13.1 Å². The van der Waals surface area contributed by atoms with E-state index in [0.29, 0.717) is 5.46 Å². The molecule has 0 N–H and O–H groups in total. The van der Waals surface area contributed by atoms with Crippen molar-refractivity contribution in [1.29, 1.82) is 5.26 Å². The molecule has 7 nitrogen and oxygen atoms in total. The van der Waals surface area contributed by atoms with Crippen molar-refractivity contribution >= 4 is 18.6 Å².